The molecule has 7 nitrogen and oxygen atoms in total. The number of nitro groups is 1. The highest BCUT2D eigenvalue weighted by Crippen LogP contribution is 2.29. The van der Waals surface area contributed by atoms with Crippen LogP contribution in [0.3, 0.4) is 0 Å². The van der Waals surface area contributed by atoms with Gasteiger partial charge in [-0.3, -0.25) is 14.9 Å². The Morgan fingerprint density at radius 1 is 1.38 bits per heavy atom. The van der Waals surface area contributed by atoms with Gasteiger partial charge in [0.2, 0.25) is 0 Å². The minimum atomic E-state index is -0.608. The number of ether oxygens (including phenoxy) is 1. The molecule has 0 saturated carbocycles. The first-order chi connectivity index (χ1) is 10.0. The predicted molar refractivity (Wildman–Crippen MR) is 76.8 cm³/mol. The third-order valence-electron chi connectivity index (χ3n) is 2.60. The molecule has 2 aromatic rings. The third kappa shape index (κ3) is 3.46. The number of hydrogen-bond donors (Lipinski definition) is 1. The Labute approximate surface area is 124 Å². The number of carbonyl (C=O) groups is 1. The number of amides is 1. The van der Waals surface area contributed by atoms with Gasteiger partial charge in [0.25, 0.3) is 11.6 Å². The van der Waals surface area contributed by atoms with Gasteiger partial charge in [-0.1, -0.05) is 17.7 Å². The zero-order valence-corrected chi connectivity index (χ0v) is 11.6. The maximum Gasteiger partial charge on any atom is 0.296 e. The van der Waals surface area contributed by atoms with Gasteiger partial charge in [-0.05, 0) is 24.3 Å². The average molecular weight is 308 g/mol. The topological polar surface area (TPSA) is 94.4 Å². The van der Waals surface area contributed by atoms with Crippen molar-refractivity contribution in [2.24, 2.45) is 0 Å². The second-order valence-electron chi connectivity index (χ2n) is 3.94. The highest BCUT2D eigenvalue weighted by atomic mass is 35.5. The van der Waals surface area contributed by atoms with Crippen molar-refractivity contribution in [3.05, 3.63) is 57.4 Å². The summed E-state index contributed by atoms with van der Waals surface area (Å²) in [5, 5.41) is 13.6. The molecule has 0 spiro atoms. The molecule has 1 aromatic carbocycles. The van der Waals surface area contributed by atoms with E-state index in [2.05, 4.69) is 10.3 Å². The minimum absolute atomic E-state index is 0.0487. The van der Waals surface area contributed by atoms with Crippen molar-refractivity contribution in [1.82, 2.24) is 4.98 Å². The molecule has 0 saturated heterocycles. The summed E-state index contributed by atoms with van der Waals surface area (Å²) >= 11 is 5.70. The zero-order chi connectivity index (χ0) is 15.4. The lowest BCUT2D eigenvalue weighted by atomic mass is 10.2. The molecule has 1 aromatic heterocycles. The fourth-order valence-electron chi connectivity index (χ4n) is 1.62. The smallest absolute Gasteiger partial charge is 0.296 e. The second kappa shape index (κ2) is 6.19. The summed E-state index contributed by atoms with van der Waals surface area (Å²) in [6, 6.07) is 8.66. The molecule has 0 aliphatic heterocycles. The number of nitrogens with one attached hydrogen (secondary N) is 1. The number of anilines is 1. The fourth-order valence-corrected chi connectivity index (χ4v) is 1.78. The monoisotopic (exact) mass is 307 g/mol. The van der Waals surface area contributed by atoms with Gasteiger partial charge >= 0.3 is 0 Å². The van der Waals surface area contributed by atoms with Gasteiger partial charge in [-0.2, -0.15) is 0 Å². The lowest BCUT2D eigenvalue weighted by molar-refractivity contribution is -0.384. The summed E-state index contributed by atoms with van der Waals surface area (Å²) in [5.41, 5.74) is -0.162. The molecule has 0 aliphatic carbocycles. The molecule has 1 N–H and O–H groups in total. The summed E-state index contributed by atoms with van der Waals surface area (Å²) in [6.45, 7) is 0. The van der Waals surface area contributed by atoms with Crippen LogP contribution in [0, 0.1) is 10.1 Å². The summed E-state index contributed by atoms with van der Waals surface area (Å²) in [7, 11) is 1.40. The molecule has 0 fully saturated rings. The van der Waals surface area contributed by atoms with Crippen LogP contribution in [-0.2, 0) is 0 Å². The van der Waals surface area contributed by atoms with Crippen LogP contribution in [0.2, 0.25) is 5.15 Å². The largest absolute Gasteiger partial charge is 0.496 e. The second-order valence-corrected chi connectivity index (χ2v) is 4.33. The summed E-state index contributed by atoms with van der Waals surface area (Å²) in [5.74, 6) is -0.272. The SMILES string of the molecule is COc1ccc(NC(=O)c2cccc(Cl)n2)c([N+](=O)[O-])c1. The van der Waals surface area contributed by atoms with E-state index in [1.54, 1.807) is 6.07 Å². The maximum atomic E-state index is 12.0. The van der Waals surface area contributed by atoms with Crippen LogP contribution in [0.1, 0.15) is 10.5 Å². The van der Waals surface area contributed by atoms with Gasteiger partial charge in [-0.15, -0.1) is 0 Å². The molecular weight excluding hydrogens is 298 g/mol. The molecule has 8 heteroatoms. The van der Waals surface area contributed by atoms with E-state index in [4.69, 9.17) is 16.3 Å². The van der Waals surface area contributed by atoms with Crippen LogP contribution >= 0.6 is 11.6 Å². The van der Waals surface area contributed by atoms with Crippen molar-refractivity contribution in [2.75, 3.05) is 12.4 Å². The first kappa shape index (κ1) is 14.7. The van der Waals surface area contributed by atoms with Gasteiger partial charge in [0.15, 0.2) is 0 Å². The molecule has 108 valence electrons. The molecule has 1 heterocycles. The zero-order valence-electron chi connectivity index (χ0n) is 10.9. The van der Waals surface area contributed by atoms with Crippen molar-refractivity contribution < 1.29 is 14.5 Å². The van der Waals surface area contributed by atoms with Gasteiger partial charge in [0, 0.05) is 0 Å². The quantitative estimate of drug-likeness (QED) is 0.532. The molecular formula is C13H10ClN3O4. The Hall–Kier alpha value is -2.67. The summed E-state index contributed by atoms with van der Waals surface area (Å²) in [6.07, 6.45) is 0. The predicted octanol–water partition coefficient (Wildman–Crippen LogP) is 2.90. The molecule has 2 rings (SSSR count). The van der Waals surface area contributed by atoms with E-state index in [9.17, 15) is 14.9 Å². The van der Waals surface area contributed by atoms with Crippen LogP contribution < -0.4 is 10.1 Å². The Kier molecular flexibility index (Phi) is 4.34. The first-order valence-electron chi connectivity index (χ1n) is 5.77. The van der Waals surface area contributed by atoms with Crippen molar-refractivity contribution in [1.29, 1.82) is 0 Å². The number of methoxy groups -OCH3 is 1. The Morgan fingerprint density at radius 2 is 2.14 bits per heavy atom. The standard InChI is InChI=1S/C13H10ClN3O4/c1-21-8-5-6-9(11(7-8)17(19)20)16-13(18)10-3-2-4-12(14)15-10/h2-7H,1H3,(H,16,18). The van der Waals surface area contributed by atoms with Gasteiger partial charge < -0.3 is 10.1 Å². The van der Waals surface area contributed by atoms with Crippen molar-refractivity contribution >= 4 is 28.9 Å². The van der Waals surface area contributed by atoms with Gasteiger partial charge in [-0.25, -0.2) is 4.98 Å². The number of pyridine rings is 1. The highest BCUT2D eigenvalue weighted by molar-refractivity contribution is 6.29. The molecule has 1 amide bonds. The maximum absolute atomic E-state index is 12.0. The molecule has 21 heavy (non-hydrogen) atoms. The van der Waals surface area contributed by atoms with Gasteiger partial charge in [0.05, 0.1) is 18.1 Å². The molecule has 0 aliphatic rings. The van der Waals surface area contributed by atoms with Crippen LogP contribution in [0.15, 0.2) is 36.4 Å². The van der Waals surface area contributed by atoms with Crippen LogP contribution in [0.25, 0.3) is 0 Å². The van der Waals surface area contributed by atoms with Crippen molar-refractivity contribution in [3.8, 4) is 5.75 Å². The van der Waals surface area contributed by atoms with Gasteiger partial charge in [0.1, 0.15) is 22.3 Å². The van der Waals surface area contributed by atoms with E-state index >= 15 is 0 Å². The van der Waals surface area contributed by atoms with Crippen LogP contribution in [-0.4, -0.2) is 22.9 Å². The molecule has 0 atom stereocenters. The number of rotatable bonds is 4. The molecule has 0 unspecified atom stereocenters. The number of carbonyl (C=O) groups excluding carboxylic acids is 1. The summed E-state index contributed by atoms with van der Waals surface area (Å²) in [4.78, 5) is 26.3. The van der Waals surface area contributed by atoms with E-state index in [1.165, 1.54) is 37.4 Å². The first-order valence-corrected chi connectivity index (χ1v) is 6.15. The highest BCUT2D eigenvalue weighted by Gasteiger charge is 2.18. The van der Waals surface area contributed by atoms with E-state index in [-0.39, 0.29) is 22.2 Å². The van der Waals surface area contributed by atoms with E-state index in [0.29, 0.717) is 5.75 Å². The van der Waals surface area contributed by atoms with Crippen molar-refractivity contribution in [3.63, 3.8) is 0 Å². The number of halogens is 1. The lowest BCUT2D eigenvalue weighted by Crippen LogP contribution is -2.14. The summed E-state index contributed by atoms with van der Waals surface area (Å²) < 4.78 is 4.92. The number of nitro benzene ring substituents is 1. The number of hydrogen-bond acceptors (Lipinski definition) is 5. The fraction of sp³-hybridized carbons (Fsp3) is 0.0769. The average Bonchev–Trinajstić information content (AvgIpc) is 2.47. The van der Waals surface area contributed by atoms with E-state index in [0.717, 1.165) is 0 Å². The lowest BCUT2D eigenvalue weighted by Gasteiger charge is -2.07. The van der Waals surface area contributed by atoms with E-state index < -0.39 is 10.8 Å². The van der Waals surface area contributed by atoms with Crippen LogP contribution in [0.4, 0.5) is 11.4 Å². The van der Waals surface area contributed by atoms with Crippen LogP contribution in [0.5, 0.6) is 5.75 Å². The molecule has 0 bridgehead atoms. The van der Waals surface area contributed by atoms with E-state index in [1.807, 2.05) is 0 Å². The Balaban J connectivity index is 2.31. The number of aromatic nitrogens is 1. The third-order valence-corrected chi connectivity index (χ3v) is 2.81. The molecule has 0 radical (unpaired) electrons. The Bertz CT molecular complexity index is 706. The normalized spacial score (nSPS) is 10.0. The van der Waals surface area contributed by atoms with Crippen molar-refractivity contribution in [2.45, 2.75) is 0 Å². The number of nitrogens with zero attached hydrogens (tertiary/aromatic N) is 2. The Morgan fingerprint density at radius 3 is 2.76 bits per heavy atom. The number of benzene rings is 1. The minimum Gasteiger partial charge on any atom is -0.496 e.